The highest BCUT2D eigenvalue weighted by Crippen LogP contribution is 2.19. The molecule has 2 aliphatic heterocycles. The second kappa shape index (κ2) is 3.64. The summed E-state index contributed by atoms with van der Waals surface area (Å²) >= 11 is 1.48. The standard InChI is InChI=1S/C6H5N3OS.ClH/c10-6-5-3-11-2-1-9(5)4-7-8-6;/h1-4H,(H,8,10);1H. The minimum Gasteiger partial charge on any atom is -0.300 e. The number of thioether (sulfide) groups is 1. The van der Waals surface area contributed by atoms with E-state index in [1.807, 2.05) is 5.41 Å². The van der Waals surface area contributed by atoms with Crippen molar-refractivity contribution in [3.63, 3.8) is 0 Å². The first kappa shape index (κ1) is 9.15. The summed E-state index contributed by atoms with van der Waals surface area (Å²) in [7, 11) is 0. The van der Waals surface area contributed by atoms with Gasteiger partial charge < -0.3 is 4.90 Å². The van der Waals surface area contributed by atoms with Crippen molar-refractivity contribution in [2.45, 2.75) is 0 Å². The van der Waals surface area contributed by atoms with Gasteiger partial charge in [0.1, 0.15) is 12.0 Å². The molecule has 0 aromatic rings. The van der Waals surface area contributed by atoms with Gasteiger partial charge in [-0.1, -0.05) is 0 Å². The van der Waals surface area contributed by atoms with E-state index in [0.717, 1.165) is 0 Å². The summed E-state index contributed by atoms with van der Waals surface area (Å²) in [5.74, 6) is -0.163. The summed E-state index contributed by atoms with van der Waals surface area (Å²) in [5.41, 5.74) is 2.97. The van der Waals surface area contributed by atoms with E-state index < -0.39 is 0 Å². The molecule has 12 heavy (non-hydrogen) atoms. The fraction of sp³-hybridized carbons (Fsp3) is 0. The zero-order valence-corrected chi connectivity index (χ0v) is 7.56. The lowest BCUT2D eigenvalue weighted by molar-refractivity contribution is -0.118. The van der Waals surface area contributed by atoms with E-state index in [2.05, 4.69) is 10.5 Å². The molecule has 1 N–H and O–H groups in total. The Labute approximate surface area is 79.8 Å². The van der Waals surface area contributed by atoms with Crippen molar-refractivity contribution in [1.29, 1.82) is 0 Å². The van der Waals surface area contributed by atoms with Gasteiger partial charge in [-0.2, -0.15) is 5.10 Å². The highest BCUT2D eigenvalue weighted by Gasteiger charge is 2.19. The number of fused-ring (bicyclic) bond motifs is 1. The minimum absolute atomic E-state index is 0. The van der Waals surface area contributed by atoms with Crippen LogP contribution in [-0.2, 0) is 4.79 Å². The van der Waals surface area contributed by atoms with E-state index in [1.54, 1.807) is 22.8 Å². The quantitative estimate of drug-likeness (QED) is 0.635. The summed E-state index contributed by atoms with van der Waals surface area (Å²) in [4.78, 5) is 12.7. The maximum Gasteiger partial charge on any atom is 0.288 e. The number of rotatable bonds is 0. The van der Waals surface area contributed by atoms with E-state index >= 15 is 0 Å². The minimum atomic E-state index is -0.163. The van der Waals surface area contributed by atoms with Gasteiger partial charge in [-0.15, -0.1) is 24.2 Å². The Morgan fingerprint density at radius 1 is 1.58 bits per heavy atom. The van der Waals surface area contributed by atoms with Crippen LogP contribution in [0.3, 0.4) is 0 Å². The average molecular weight is 204 g/mol. The van der Waals surface area contributed by atoms with Crippen molar-refractivity contribution < 1.29 is 4.79 Å². The van der Waals surface area contributed by atoms with Crippen molar-refractivity contribution in [1.82, 2.24) is 10.3 Å². The third-order valence-corrected chi connectivity index (χ3v) is 1.98. The van der Waals surface area contributed by atoms with Crippen LogP contribution in [0.15, 0.2) is 27.8 Å². The van der Waals surface area contributed by atoms with Gasteiger partial charge in [-0.05, 0) is 5.41 Å². The van der Waals surface area contributed by atoms with Crippen molar-refractivity contribution in [3.05, 3.63) is 22.7 Å². The van der Waals surface area contributed by atoms with Gasteiger partial charge >= 0.3 is 0 Å². The van der Waals surface area contributed by atoms with Crippen molar-refractivity contribution in [2.75, 3.05) is 0 Å². The van der Waals surface area contributed by atoms with Gasteiger partial charge in [0.25, 0.3) is 5.91 Å². The highest BCUT2D eigenvalue weighted by molar-refractivity contribution is 8.05. The number of hydrazone groups is 1. The molecule has 2 heterocycles. The molecule has 0 unspecified atom stereocenters. The summed E-state index contributed by atoms with van der Waals surface area (Å²) in [6, 6.07) is 0. The zero-order valence-electron chi connectivity index (χ0n) is 5.93. The summed E-state index contributed by atoms with van der Waals surface area (Å²) in [6.07, 6.45) is 3.35. The number of nitrogens with one attached hydrogen (secondary N) is 1. The van der Waals surface area contributed by atoms with Crippen molar-refractivity contribution in [2.24, 2.45) is 5.10 Å². The molecule has 2 aliphatic rings. The first-order valence-corrected chi connectivity index (χ1v) is 3.96. The zero-order chi connectivity index (χ0) is 7.68. The molecule has 2 rings (SSSR count). The van der Waals surface area contributed by atoms with Gasteiger partial charge in [0, 0.05) is 11.6 Å². The topological polar surface area (TPSA) is 44.7 Å². The van der Waals surface area contributed by atoms with Gasteiger partial charge in [0.05, 0.1) is 0 Å². The molecule has 0 bridgehead atoms. The Hall–Kier alpha value is -0.940. The Kier molecular flexibility index (Phi) is 2.78. The molecule has 0 aliphatic carbocycles. The lowest BCUT2D eigenvalue weighted by atomic mass is 10.4. The van der Waals surface area contributed by atoms with E-state index in [9.17, 15) is 4.79 Å². The summed E-state index contributed by atoms with van der Waals surface area (Å²) < 4.78 is 0. The van der Waals surface area contributed by atoms with Gasteiger partial charge in [0.2, 0.25) is 0 Å². The normalized spacial score (nSPS) is 19.2. The number of halogens is 1. The number of hydrogen-bond acceptors (Lipinski definition) is 4. The lowest BCUT2D eigenvalue weighted by Gasteiger charge is -2.22. The van der Waals surface area contributed by atoms with Crippen LogP contribution in [0.1, 0.15) is 0 Å². The third-order valence-electron chi connectivity index (χ3n) is 1.34. The highest BCUT2D eigenvalue weighted by atomic mass is 35.5. The van der Waals surface area contributed by atoms with Gasteiger partial charge in [0.15, 0.2) is 0 Å². The fourth-order valence-corrected chi connectivity index (χ4v) is 1.46. The van der Waals surface area contributed by atoms with Crippen molar-refractivity contribution >= 4 is 36.4 Å². The number of carbonyl (C=O) groups excluding carboxylic acids is 1. The smallest absolute Gasteiger partial charge is 0.288 e. The van der Waals surface area contributed by atoms with E-state index in [1.165, 1.54) is 11.8 Å². The van der Waals surface area contributed by atoms with Crippen molar-refractivity contribution in [3.8, 4) is 0 Å². The van der Waals surface area contributed by atoms with Crippen LogP contribution in [0.4, 0.5) is 0 Å². The Bertz CT molecular complexity index is 287. The monoisotopic (exact) mass is 203 g/mol. The van der Waals surface area contributed by atoms with E-state index in [-0.39, 0.29) is 18.3 Å². The molecule has 1 amide bonds. The largest absolute Gasteiger partial charge is 0.300 e. The number of amides is 1. The van der Waals surface area contributed by atoms with Crippen LogP contribution in [0.2, 0.25) is 0 Å². The number of nitrogens with zero attached hydrogens (tertiary/aromatic N) is 2. The summed E-state index contributed by atoms with van der Waals surface area (Å²) in [6.45, 7) is 0. The van der Waals surface area contributed by atoms with E-state index in [4.69, 9.17) is 0 Å². The molecule has 0 radical (unpaired) electrons. The van der Waals surface area contributed by atoms with Crippen LogP contribution in [-0.4, -0.2) is 17.1 Å². The Morgan fingerprint density at radius 2 is 2.42 bits per heavy atom. The molecule has 0 fully saturated rings. The lowest BCUT2D eigenvalue weighted by Crippen LogP contribution is -2.35. The fourth-order valence-electron chi connectivity index (χ4n) is 0.824. The van der Waals surface area contributed by atoms with E-state index in [0.29, 0.717) is 5.70 Å². The predicted molar refractivity (Wildman–Crippen MR) is 50.5 cm³/mol. The molecule has 64 valence electrons. The van der Waals surface area contributed by atoms with Crippen LogP contribution >= 0.6 is 24.2 Å². The molecule has 0 saturated heterocycles. The van der Waals surface area contributed by atoms with Crippen LogP contribution < -0.4 is 5.43 Å². The molecular formula is C6H6ClN3OS. The summed E-state index contributed by atoms with van der Waals surface area (Å²) in [5, 5.41) is 7.30. The average Bonchev–Trinajstić information content (AvgIpc) is 2.06. The molecule has 0 aromatic carbocycles. The Balaban J connectivity index is 0.000000720. The molecule has 0 spiro atoms. The number of hydrogen-bond donors (Lipinski definition) is 1. The second-order valence-corrected chi connectivity index (χ2v) is 2.80. The molecule has 0 saturated carbocycles. The van der Waals surface area contributed by atoms with Gasteiger partial charge in [-0.3, -0.25) is 4.79 Å². The maximum atomic E-state index is 11.0. The third kappa shape index (κ3) is 1.46. The first-order valence-electron chi connectivity index (χ1n) is 3.02. The SMILES string of the molecule is Cl.O=C1NN=CN2C=CSC=C12. The molecule has 0 atom stereocenters. The predicted octanol–water partition coefficient (Wildman–Crippen LogP) is 0.843. The van der Waals surface area contributed by atoms with Gasteiger partial charge in [-0.25, -0.2) is 5.43 Å². The van der Waals surface area contributed by atoms with Crippen LogP contribution in [0.5, 0.6) is 0 Å². The molecule has 4 nitrogen and oxygen atoms in total. The Morgan fingerprint density at radius 3 is 3.17 bits per heavy atom. The number of carbonyl (C=O) groups is 1. The maximum absolute atomic E-state index is 11.0. The second-order valence-electron chi connectivity index (χ2n) is 2.02. The molecular weight excluding hydrogens is 198 g/mol. The molecule has 0 aromatic heterocycles. The van der Waals surface area contributed by atoms with Crippen LogP contribution in [0.25, 0.3) is 0 Å². The molecule has 6 heteroatoms. The van der Waals surface area contributed by atoms with Crippen LogP contribution in [0, 0.1) is 0 Å². The first-order chi connectivity index (χ1) is 5.38.